The number of piperidine rings is 2. The first-order chi connectivity index (χ1) is 14.6. The third kappa shape index (κ3) is 4.34. The number of carbonyl (C=O) groups excluding carboxylic acids is 2. The summed E-state index contributed by atoms with van der Waals surface area (Å²) in [6, 6.07) is 0. The summed E-state index contributed by atoms with van der Waals surface area (Å²) < 4.78 is 0. The van der Waals surface area contributed by atoms with Gasteiger partial charge < -0.3 is 9.80 Å². The fraction of sp³-hybridized carbons (Fsp3) is 0.708. The van der Waals surface area contributed by atoms with E-state index in [1.54, 1.807) is 11.3 Å². The summed E-state index contributed by atoms with van der Waals surface area (Å²) in [6.07, 6.45) is 11.9. The lowest BCUT2D eigenvalue weighted by Crippen LogP contribution is -2.41. The Kier molecular flexibility index (Phi) is 6.91. The second kappa shape index (κ2) is 9.63. The van der Waals surface area contributed by atoms with E-state index in [9.17, 15) is 9.59 Å². The van der Waals surface area contributed by atoms with E-state index in [0.29, 0.717) is 23.4 Å². The zero-order valence-corrected chi connectivity index (χ0v) is 19.3. The fourth-order valence-electron chi connectivity index (χ4n) is 5.35. The van der Waals surface area contributed by atoms with Crippen molar-refractivity contribution in [2.45, 2.75) is 77.6 Å². The summed E-state index contributed by atoms with van der Waals surface area (Å²) in [7, 11) is 0. The molecule has 30 heavy (non-hydrogen) atoms. The first kappa shape index (κ1) is 21.5. The minimum atomic E-state index is 0.0803. The smallest absolute Gasteiger partial charge is 0.277 e. The normalized spacial score (nSPS) is 22.8. The average Bonchev–Trinajstić information content (AvgIpc) is 3.29. The summed E-state index contributed by atoms with van der Waals surface area (Å²) in [5.41, 5.74) is 1.86. The predicted molar refractivity (Wildman–Crippen MR) is 120 cm³/mol. The van der Waals surface area contributed by atoms with E-state index in [1.807, 2.05) is 15.2 Å². The SMILES string of the molecule is CCC(CC)C(=O)N1CCC(c2nc(C(=O)N3CCCC4CCCC=C43)cs2)CC1. The Morgan fingerprint density at radius 2 is 1.80 bits per heavy atom. The molecule has 0 radical (unpaired) electrons. The second-order valence-corrected chi connectivity index (χ2v) is 9.93. The van der Waals surface area contributed by atoms with Gasteiger partial charge in [0.2, 0.25) is 5.91 Å². The molecule has 6 heteroatoms. The lowest BCUT2D eigenvalue weighted by atomic mass is 9.85. The van der Waals surface area contributed by atoms with Gasteiger partial charge in [-0.15, -0.1) is 11.3 Å². The van der Waals surface area contributed by atoms with Gasteiger partial charge in [-0.3, -0.25) is 9.59 Å². The number of rotatable bonds is 5. The van der Waals surface area contributed by atoms with Crippen molar-refractivity contribution in [3.8, 4) is 0 Å². The van der Waals surface area contributed by atoms with Crippen LogP contribution in [0, 0.1) is 11.8 Å². The Morgan fingerprint density at radius 1 is 1.07 bits per heavy atom. The molecule has 5 nitrogen and oxygen atoms in total. The van der Waals surface area contributed by atoms with Crippen molar-refractivity contribution in [3.63, 3.8) is 0 Å². The van der Waals surface area contributed by atoms with Crippen LogP contribution in [0.1, 0.15) is 93.0 Å². The molecule has 2 fully saturated rings. The molecule has 4 rings (SSSR count). The molecule has 1 unspecified atom stereocenters. The van der Waals surface area contributed by atoms with E-state index in [4.69, 9.17) is 4.98 Å². The Bertz CT molecular complexity index is 790. The standard InChI is InChI=1S/C24H35N3O2S/c1-3-17(4-2)23(28)26-14-11-19(12-15-26)22-25-20(16-30-22)24(29)27-13-7-9-18-8-5-6-10-21(18)27/h10,16-19H,3-9,11-15H2,1-2H3. The summed E-state index contributed by atoms with van der Waals surface area (Å²) in [5, 5.41) is 3.02. The van der Waals surface area contributed by atoms with E-state index in [1.165, 1.54) is 25.0 Å². The molecule has 0 bridgehead atoms. The lowest BCUT2D eigenvalue weighted by molar-refractivity contribution is -0.136. The zero-order valence-electron chi connectivity index (χ0n) is 18.4. The maximum Gasteiger partial charge on any atom is 0.277 e. The quantitative estimate of drug-likeness (QED) is 0.646. The highest BCUT2D eigenvalue weighted by molar-refractivity contribution is 7.09. The number of aromatic nitrogens is 1. The lowest BCUT2D eigenvalue weighted by Gasteiger charge is -2.37. The first-order valence-electron chi connectivity index (χ1n) is 11.9. The van der Waals surface area contributed by atoms with Crippen molar-refractivity contribution in [2.24, 2.45) is 11.8 Å². The molecular formula is C24H35N3O2S. The molecule has 0 spiro atoms. The van der Waals surface area contributed by atoms with Gasteiger partial charge in [-0.1, -0.05) is 19.9 Å². The first-order valence-corrected chi connectivity index (χ1v) is 12.8. The maximum absolute atomic E-state index is 13.2. The summed E-state index contributed by atoms with van der Waals surface area (Å²) in [4.78, 5) is 34.7. The topological polar surface area (TPSA) is 53.5 Å². The van der Waals surface area contributed by atoms with Crippen LogP contribution in [0.5, 0.6) is 0 Å². The Balaban J connectivity index is 1.38. The monoisotopic (exact) mass is 429 g/mol. The van der Waals surface area contributed by atoms with Gasteiger partial charge in [-0.05, 0) is 63.7 Å². The van der Waals surface area contributed by atoms with Crippen molar-refractivity contribution >= 4 is 23.2 Å². The van der Waals surface area contributed by atoms with Crippen LogP contribution in [0.25, 0.3) is 0 Å². The molecule has 1 aromatic heterocycles. The van der Waals surface area contributed by atoms with Gasteiger partial charge in [-0.25, -0.2) is 4.98 Å². The van der Waals surface area contributed by atoms with Crippen molar-refractivity contribution in [1.82, 2.24) is 14.8 Å². The van der Waals surface area contributed by atoms with Gasteiger partial charge in [0.1, 0.15) is 5.69 Å². The van der Waals surface area contributed by atoms with Gasteiger partial charge in [0, 0.05) is 42.5 Å². The van der Waals surface area contributed by atoms with Crippen LogP contribution < -0.4 is 0 Å². The van der Waals surface area contributed by atoms with Crippen LogP contribution in [0.15, 0.2) is 17.2 Å². The van der Waals surface area contributed by atoms with Crippen molar-refractivity contribution in [1.29, 1.82) is 0 Å². The highest BCUT2D eigenvalue weighted by atomic mass is 32.1. The second-order valence-electron chi connectivity index (χ2n) is 9.04. The highest BCUT2D eigenvalue weighted by Gasteiger charge is 2.33. The molecule has 2 saturated heterocycles. The number of likely N-dealkylation sites (tertiary alicyclic amines) is 2. The van der Waals surface area contributed by atoms with Crippen LogP contribution >= 0.6 is 11.3 Å². The van der Waals surface area contributed by atoms with Crippen LogP contribution in [-0.2, 0) is 4.79 Å². The van der Waals surface area contributed by atoms with Gasteiger partial charge >= 0.3 is 0 Å². The number of allylic oxidation sites excluding steroid dienone is 2. The van der Waals surface area contributed by atoms with Crippen molar-refractivity contribution in [2.75, 3.05) is 19.6 Å². The van der Waals surface area contributed by atoms with Gasteiger partial charge in [0.15, 0.2) is 0 Å². The largest absolute Gasteiger partial charge is 0.342 e. The predicted octanol–water partition coefficient (Wildman–Crippen LogP) is 5.21. The minimum Gasteiger partial charge on any atom is -0.342 e. The summed E-state index contributed by atoms with van der Waals surface area (Å²) in [6.45, 7) is 6.64. The molecule has 1 aliphatic carbocycles. The van der Waals surface area contributed by atoms with Gasteiger partial charge in [0.25, 0.3) is 5.91 Å². The van der Waals surface area contributed by atoms with E-state index in [0.717, 1.165) is 63.2 Å². The molecule has 164 valence electrons. The molecule has 1 aromatic rings. The Morgan fingerprint density at radius 3 is 2.53 bits per heavy atom. The van der Waals surface area contributed by atoms with Crippen LogP contribution in [0.4, 0.5) is 0 Å². The maximum atomic E-state index is 13.2. The summed E-state index contributed by atoms with van der Waals surface area (Å²) >= 11 is 1.62. The molecular weight excluding hydrogens is 394 g/mol. The van der Waals surface area contributed by atoms with E-state index >= 15 is 0 Å². The van der Waals surface area contributed by atoms with Crippen LogP contribution in [0.2, 0.25) is 0 Å². The fourth-order valence-corrected chi connectivity index (χ4v) is 6.31. The number of carbonyl (C=O) groups is 2. The number of thiazole rings is 1. The number of hydrogen-bond donors (Lipinski definition) is 0. The Hall–Kier alpha value is -1.69. The Labute approximate surface area is 184 Å². The molecule has 3 aliphatic rings. The number of amides is 2. The third-order valence-corrected chi connectivity index (χ3v) is 8.26. The summed E-state index contributed by atoms with van der Waals surface area (Å²) in [5.74, 6) is 1.48. The minimum absolute atomic E-state index is 0.0803. The molecule has 2 amide bonds. The molecule has 0 saturated carbocycles. The molecule has 1 atom stereocenters. The highest BCUT2D eigenvalue weighted by Crippen LogP contribution is 2.36. The van der Waals surface area contributed by atoms with Gasteiger partial charge in [0.05, 0.1) is 5.01 Å². The number of hydrogen-bond acceptors (Lipinski definition) is 4. The van der Waals surface area contributed by atoms with Crippen LogP contribution in [0.3, 0.4) is 0 Å². The molecule has 0 aromatic carbocycles. The molecule has 2 aliphatic heterocycles. The van der Waals surface area contributed by atoms with Crippen molar-refractivity contribution in [3.05, 3.63) is 27.9 Å². The van der Waals surface area contributed by atoms with Gasteiger partial charge in [-0.2, -0.15) is 0 Å². The zero-order chi connectivity index (χ0) is 21.1. The van der Waals surface area contributed by atoms with Crippen molar-refractivity contribution < 1.29 is 9.59 Å². The number of fused-ring (bicyclic) bond motifs is 1. The number of nitrogens with zero attached hydrogens (tertiary/aromatic N) is 3. The van der Waals surface area contributed by atoms with Crippen LogP contribution in [-0.4, -0.2) is 46.2 Å². The molecule has 3 heterocycles. The van der Waals surface area contributed by atoms with E-state index in [-0.39, 0.29) is 11.8 Å². The third-order valence-electron chi connectivity index (χ3n) is 7.25. The average molecular weight is 430 g/mol. The van der Waals surface area contributed by atoms with E-state index in [2.05, 4.69) is 19.9 Å². The molecule has 0 N–H and O–H groups in total. The van der Waals surface area contributed by atoms with E-state index < -0.39 is 0 Å².